The molecule has 7 nitrogen and oxygen atoms in total. The van der Waals surface area contributed by atoms with Crippen molar-refractivity contribution in [3.8, 4) is 0 Å². The van der Waals surface area contributed by atoms with Gasteiger partial charge in [-0.2, -0.15) is 5.10 Å². The maximum atomic E-state index is 15.6. The minimum atomic E-state index is -0.592. The highest BCUT2D eigenvalue weighted by Gasteiger charge is 2.39. The number of benzene rings is 3. The summed E-state index contributed by atoms with van der Waals surface area (Å²) in [4.78, 5) is 32.2. The van der Waals surface area contributed by atoms with Crippen LogP contribution in [-0.4, -0.2) is 26.6 Å². The minimum Gasteiger partial charge on any atom is -0.337 e. The molecule has 3 aromatic carbocycles. The summed E-state index contributed by atoms with van der Waals surface area (Å²) in [5, 5.41) is 8.12. The molecule has 2 aliphatic rings. The second-order valence-corrected chi connectivity index (χ2v) is 9.57. The van der Waals surface area contributed by atoms with Gasteiger partial charge in [-0.05, 0) is 60.2 Å². The number of fused-ring (bicyclic) bond motifs is 3. The number of amides is 2. The first-order valence-corrected chi connectivity index (χ1v) is 12.5. The quantitative estimate of drug-likeness (QED) is 0.314. The summed E-state index contributed by atoms with van der Waals surface area (Å²) in [6, 6.07) is 23.6. The van der Waals surface area contributed by atoms with Crippen LogP contribution in [-0.2, 0) is 19.4 Å². The van der Waals surface area contributed by atoms with Crippen LogP contribution in [0.5, 0.6) is 0 Å². The standard InChI is InChI=1S/C30H22FN5O2/c31-24-16-23-27(33-26(24)32-25-15-7-11-19-10-6-14-20(19)25)35(17-18-8-2-1-3-9-18)34-28(23)36-29(37)21-12-4-5-13-22(21)30(36)38/h1-5,7-9,11-13,15-16H,6,10,14,17H2,(H,32,33). The Morgan fingerprint density at radius 3 is 2.37 bits per heavy atom. The molecule has 2 aromatic heterocycles. The van der Waals surface area contributed by atoms with Crippen LogP contribution < -0.4 is 10.2 Å². The Bertz CT molecular complexity index is 1730. The number of hydrogen-bond acceptors (Lipinski definition) is 5. The highest BCUT2D eigenvalue weighted by Crippen LogP contribution is 2.36. The number of pyridine rings is 1. The molecule has 1 aliphatic carbocycles. The molecule has 0 fully saturated rings. The number of imide groups is 1. The maximum Gasteiger partial charge on any atom is 0.267 e. The number of nitrogens with zero attached hydrogens (tertiary/aromatic N) is 4. The van der Waals surface area contributed by atoms with E-state index in [1.807, 2.05) is 42.5 Å². The Morgan fingerprint density at radius 2 is 1.61 bits per heavy atom. The van der Waals surface area contributed by atoms with E-state index in [1.54, 1.807) is 28.9 Å². The summed E-state index contributed by atoms with van der Waals surface area (Å²) in [6.07, 6.45) is 3.00. The van der Waals surface area contributed by atoms with Crippen molar-refractivity contribution in [1.82, 2.24) is 14.8 Å². The summed E-state index contributed by atoms with van der Waals surface area (Å²) >= 11 is 0. The van der Waals surface area contributed by atoms with Crippen LogP contribution in [0.4, 0.5) is 21.7 Å². The van der Waals surface area contributed by atoms with E-state index < -0.39 is 17.6 Å². The van der Waals surface area contributed by atoms with E-state index in [1.165, 1.54) is 17.2 Å². The lowest BCUT2D eigenvalue weighted by Gasteiger charge is -2.13. The fraction of sp³-hybridized carbons (Fsp3) is 0.133. The van der Waals surface area contributed by atoms with E-state index in [4.69, 9.17) is 0 Å². The fourth-order valence-corrected chi connectivity index (χ4v) is 5.42. The van der Waals surface area contributed by atoms with Gasteiger partial charge >= 0.3 is 0 Å². The van der Waals surface area contributed by atoms with Crippen molar-refractivity contribution in [1.29, 1.82) is 0 Å². The molecule has 0 radical (unpaired) electrons. The topological polar surface area (TPSA) is 80.1 Å². The van der Waals surface area contributed by atoms with Gasteiger partial charge in [-0.25, -0.2) is 19.0 Å². The van der Waals surface area contributed by atoms with Gasteiger partial charge < -0.3 is 5.32 Å². The fourth-order valence-electron chi connectivity index (χ4n) is 5.42. The van der Waals surface area contributed by atoms with Crippen LogP contribution in [0, 0.1) is 5.82 Å². The van der Waals surface area contributed by atoms with Crippen LogP contribution in [0.3, 0.4) is 0 Å². The van der Waals surface area contributed by atoms with Gasteiger partial charge in [-0.15, -0.1) is 0 Å². The first-order valence-electron chi connectivity index (χ1n) is 12.5. The van der Waals surface area contributed by atoms with Crippen LogP contribution in [0.1, 0.15) is 43.8 Å². The van der Waals surface area contributed by atoms with E-state index in [2.05, 4.69) is 21.5 Å². The molecule has 0 spiro atoms. The lowest BCUT2D eigenvalue weighted by Crippen LogP contribution is -2.30. The van der Waals surface area contributed by atoms with Gasteiger partial charge in [-0.3, -0.25) is 9.59 Å². The summed E-state index contributed by atoms with van der Waals surface area (Å²) in [6.45, 7) is 0.333. The molecule has 7 rings (SSSR count). The molecule has 0 atom stereocenters. The average Bonchev–Trinajstić information content (AvgIpc) is 3.61. The number of halogens is 1. The second kappa shape index (κ2) is 8.62. The van der Waals surface area contributed by atoms with Crippen molar-refractivity contribution < 1.29 is 14.0 Å². The molecule has 8 heteroatoms. The Morgan fingerprint density at radius 1 is 0.868 bits per heavy atom. The van der Waals surface area contributed by atoms with Crippen molar-refractivity contribution >= 4 is 40.2 Å². The normalized spacial score (nSPS) is 14.3. The molecule has 0 saturated carbocycles. The van der Waals surface area contributed by atoms with Gasteiger partial charge in [0.25, 0.3) is 11.8 Å². The molecule has 5 aromatic rings. The van der Waals surface area contributed by atoms with Gasteiger partial charge in [0.2, 0.25) is 0 Å². The molecule has 1 N–H and O–H groups in total. The molecule has 0 bridgehead atoms. The van der Waals surface area contributed by atoms with Gasteiger partial charge in [0.05, 0.1) is 23.1 Å². The highest BCUT2D eigenvalue weighted by molar-refractivity contribution is 6.35. The molecule has 38 heavy (non-hydrogen) atoms. The molecule has 0 saturated heterocycles. The minimum absolute atomic E-state index is 0.0701. The SMILES string of the molecule is O=C1c2ccccc2C(=O)N1c1nn(Cc2ccccc2)c2nc(Nc3cccc4c3CCC4)c(F)cc12. The lowest BCUT2D eigenvalue weighted by atomic mass is 10.1. The summed E-state index contributed by atoms with van der Waals surface area (Å²) < 4.78 is 17.2. The van der Waals surface area contributed by atoms with Gasteiger partial charge in [-0.1, -0.05) is 54.6 Å². The van der Waals surface area contributed by atoms with E-state index >= 15 is 4.39 Å². The predicted octanol–water partition coefficient (Wildman–Crippen LogP) is 5.65. The van der Waals surface area contributed by atoms with Gasteiger partial charge in [0.15, 0.2) is 23.1 Å². The summed E-state index contributed by atoms with van der Waals surface area (Å²) in [5.74, 6) is -1.43. The Kier molecular flexibility index (Phi) is 5.07. The van der Waals surface area contributed by atoms with Crippen molar-refractivity contribution in [2.24, 2.45) is 0 Å². The van der Waals surface area contributed by atoms with Gasteiger partial charge in [0, 0.05) is 5.69 Å². The lowest BCUT2D eigenvalue weighted by molar-refractivity contribution is 0.0925. The molecule has 186 valence electrons. The van der Waals surface area contributed by atoms with Gasteiger partial charge in [0.1, 0.15) is 0 Å². The third kappa shape index (κ3) is 3.48. The predicted molar refractivity (Wildman–Crippen MR) is 142 cm³/mol. The molecule has 3 heterocycles. The van der Waals surface area contributed by atoms with Crippen LogP contribution >= 0.6 is 0 Å². The third-order valence-electron chi connectivity index (χ3n) is 7.24. The number of nitrogens with one attached hydrogen (secondary N) is 1. The largest absolute Gasteiger partial charge is 0.337 e. The average molecular weight is 504 g/mol. The molecule has 1 aliphatic heterocycles. The number of carbonyl (C=O) groups excluding carboxylic acids is 2. The van der Waals surface area contributed by atoms with Crippen LogP contribution in [0.2, 0.25) is 0 Å². The number of aromatic nitrogens is 3. The number of aryl methyl sites for hydroxylation is 1. The summed E-state index contributed by atoms with van der Waals surface area (Å²) in [7, 11) is 0. The zero-order chi connectivity index (χ0) is 25.8. The molecule has 0 unspecified atom stereocenters. The Balaban J connectivity index is 1.37. The number of anilines is 3. The maximum absolute atomic E-state index is 15.6. The van der Waals surface area contributed by atoms with Crippen LogP contribution in [0.25, 0.3) is 11.0 Å². The van der Waals surface area contributed by atoms with E-state index in [0.29, 0.717) is 23.3 Å². The van der Waals surface area contributed by atoms with E-state index in [0.717, 1.165) is 35.4 Å². The highest BCUT2D eigenvalue weighted by atomic mass is 19.1. The zero-order valence-electron chi connectivity index (χ0n) is 20.3. The van der Waals surface area contributed by atoms with Crippen molar-refractivity contribution in [2.45, 2.75) is 25.8 Å². The van der Waals surface area contributed by atoms with Crippen molar-refractivity contribution in [3.05, 3.63) is 112 Å². The second-order valence-electron chi connectivity index (χ2n) is 9.57. The molecule has 2 amide bonds. The Labute approximate surface area is 217 Å². The van der Waals surface area contributed by atoms with Crippen LogP contribution in [0.15, 0.2) is 78.9 Å². The number of carbonyl (C=O) groups is 2. The third-order valence-corrected chi connectivity index (χ3v) is 7.24. The number of rotatable bonds is 5. The molecular weight excluding hydrogens is 481 g/mol. The van der Waals surface area contributed by atoms with E-state index in [9.17, 15) is 9.59 Å². The smallest absolute Gasteiger partial charge is 0.267 e. The monoisotopic (exact) mass is 503 g/mol. The first kappa shape index (κ1) is 22.4. The van der Waals surface area contributed by atoms with Crippen molar-refractivity contribution in [2.75, 3.05) is 10.2 Å². The number of hydrogen-bond donors (Lipinski definition) is 1. The van der Waals surface area contributed by atoms with Crippen molar-refractivity contribution in [3.63, 3.8) is 0 Å². The zero-order valence-corrected chi connectivity index (χ0v) is 20.3. The summed E-state index contributed by atoms with van der Waals surface area (Å²) in [5.41, 5.74) is 5.20. The Hall–Kier alpha value is -4.85. The first-order chi connectivity index (χ1) is 18.6. The molecular formula is C30H22FN5O2. The van der Waals surface area contributed by atoms with E-state index in [-0.39, 0.29) is 17.0 Å².